The first-order chi connectivity index (χ1) is 8.20. The summed E-state index contributed by atoms with van der Waals surface area (Å²) in [5.74, 6) is 0.264. The van der Waals surface area contributed by atoms with E-state index in [1.165, 1.54) is 6.20 Å². The summed E-state index contributed by atoms with van der Waals surface area (Å²) in [6.07, 6.45) is 1.50. The fourth-order valence-electron chi connectivity index (χ4n) is 1.20. The summed E-state index contributed by atoms with van der Waals surface area (Å²) >= 11 is 0. The maximum Gasteiger partial charge on any atom is 0.292 e. The van der Waals surface area contributed by atoms with Crippen molar-refractivity contribution in [3.63, 3.8) is 0 Å². The van der Waals surface area contributed by atoms with Crippen LogP contribution in [-0.2, 0) is 0 Å². The minimum atomic E-state index is -0.370. The van der Waals surface area contributed by atoms with Crippen molar-refractivity contribution in [1.29, 1.82) is 0 Å². The molecule has 0 spiro atoms. The van der Waals surface area contributed by atoms with E-state index in [4.69, 9.17) is 10.3 Å². The van der Waals surface area contributed by atoms with Gasteiger partial charge in [0.05, 0.1) is 5.56 Å². The predicted molar refractivity (Wildman–Crippen MR) is 59.9 cm³/mol. The van der Waals surface area contributed by atoms with Crippen LogP contribution in [-0.4, -0.2) is 27.6 Å². The van der Waals surface area contributed by atoms with Crippen LogP contribution in [0, 0.1) is 0 Å². The SMILES string of the molecule is CCNC(=O)c1noc(-c2ccc(N)nc2)n1. The van der Waals surface area contributed by atoms with Gasteiger partial charge in [-0.15, -0.1) is 0 Å². The molecule has 7 heteroatoms. The zero-order chi connectivity index (χ0) is 12.3. The summed E-state index contributed by atoms with van der Waals surface area (Å²) in [5.41, 5.74) is 6.07. The number of anilines is 1. The predicted octanol–water partition coefficient (Wildman–Crippen LogP) is 0.464. The van der Waals surface area contributed by atoms with E-state index < -0.39 is 0 Å². The van der Waals surface area contributed by atoms with Gasteiger partial charge in [0, 0.05) is 12.7 Å². The molecule has 0 atom stereocenters. The number of hydrogen-bond acceptors (Lipinski definition) is 6. The number of rotatable bonds is 3. The van der Waals surface area contributed by atoms with Crippen LogP contribution in [0.4, 0.5) is 5.82 Å². The van der Waals surface area contributed by atoms with Crippen molar-refractivity contribution in [2.75, 3.05) is 12.3 Å². The molecule has 0 radical (unpaired) electrons. The van der Waals surface area contributed by atoms with Crippen molar-refractivity contribution in [2.24, 2.45) is 0 Å². The molecule has 0 unspecified atom stereocenters. The smallest absolute Gasteiger partial charge is 0.292 e. The first kappa shape index (κ1) is 11.1. The lowest BCUT2D eigenvalue weighted by atomic mass is 10.3. The quantitative estimate of drug-likeness (QED) is 0.797. The van der Waals surface area contributed by atoms with Crippen molar-refractivity contribution in [1.82, 2.24) is 20.4 Å². The van der Waals surface area contributed by atoms with Gasteiger partial charge in [-0.1, -0.05) is 5.16 Å². The average molecular weight is 233 g/mol. The Morgan fingerprint density at radius 3 is 3.00 bits per heavy atom. The highest BCUT2D eigenvalue weighted by atomic mass is 16.5. The van der Waals surface area contributed by atoms with E-state index in [0.717, 1.165) is 0 Å². The van der Waals surface area contributed by atoms with Crippen LogP contribution in [0.5, 0.6) is 0 Å². The standard InChI is InChI=1S/C10H11N5O2/c1-2-12-9(16)8-14-10(17-15-8)6-3-4-7(11)13-5-6/h3-5H,2H2,1H3,(H2,11,13)(H,12,16). The van der Waals surface area contributed by atoms with E-state index in [0.29, 0.717) is 17.9 Å². The molecular formula is C10H11N5O2. The van der Waals surface area contributed by atoms with E-state index in [2.05, 4.69) is 20.4 Å². The molecule has 0 aromatic carbocycles. The second-order valence-electron chi connectivity index (χ2n) is 3.25. The van der Waals surface area contributed by atoms with E-state index in [9.17, 15) is 4.79 Å². The molecule has 88 valence electrons. The van der Waals surface area contributed by atoms with Gasteiger partial charge in [0.15, 0.2) is 0 Å². The van der Waals surface area contributed by atoms with Crippen molar-refractivity contribution >= 4 is 11.7 Å². The summed E-state index contributed by atoms with van der Waals surface area (Å²) in [5, 5.41) is 6.15. The maximum absolute atomic E-state index is 11.4. The van der Waals surface area contributed by atoms with Crippen molar-refractivity contribution in [3.05, 3.63) is 24.2 Å². The minimum absolute atomic E-state index is 0.00123. The molecule has 0 aliphatic heterocycles. The number of carbonyl (C=O) groups excluding carboxylic acids is 1. The number of aromatic nitrogens is 3. The Balaban J connectivity index is 2.23. The largest absolute Gasteiger partial charge is 0.384 e. The van der Waals surface area contributed by atoms with Gasteiger partial charge in [-0.05, 0) is 19.1 Å². The molecule has 0 aliphatic carbocycles. The molecule has 2 heterocycles. The molecule has 0 saturated heterocycles. The van der Waals surface area contributed by atoms with Crippen LogP contribution in [0.2, 0.25) is 0 Å². The number of nitrogens with two attached hydrogens (primary N) is 1. The van der Waals surface area contributed by atoms with Gasteiger partial charge in [0.2, 0.25) is 0 Å². The fraction of sp³-hybridized carbons (Fsp3) is 0.200. The summed E-state index contributed by atoms with van der Waals surface area (Å²) in [7, 11) is 0. The molecular weight excluding hydrogens is 222 g/mol. The molecule has 0 saturated carbocycles. The van der Waals surface area contributed by atoms with Crippen LogP contribution < -0.4 is 11.1 Å². The number of pyridine rings is 1. The Hall–Kier alpha value is -2.44. The van der Waals surface area contributed by atoms with Gasteiger partial charge in [0.1, 0.15) is 5.82 Å². The number of nitrogens with zero attached hydrogens (tertiary/aromatic N) is 3. The number of nitrogen functional groups attached to an aromatic ring is 1. The Kier molecular flexibility index (Phi) is 2.99. The topological polar surface area (TPSA) is 107 Å². The number of nitrogens with one attached hydrogen (secondary N) is 1. The van der Waals surface area contributed by atoms with Gasteiger partial charge in [0.25, 0.3) is 17.6 Å². The molecule has 0 bridgehead atoms. The number of carbonyl (C=O) groups is 1. The molecule has 2 aromatic rings. The van der Waals surface area contributed by atoms with Crippen LogP contribution in [0.25, 0.3) is 11.5 Å². The summed E-state index contributed by atoms with van der Waals surface area (Å²) in [6, 6.07) is 3.31. The normalized spacial score (nSPS) is 10.2. The lowest BCUT2D eigenvalue weighted by molar-refractivity contribution is 0.0942. The lowest BCUT2D eigenvalue weighted by Crippen LogP contribution is -2.23. The fourth-order valence-corrected chi connectivity index (χ4v) is 1.20. The maximum atomic E-state index is 11.4. The molecule has 2 rings (SSSR count). The van der Waals surface area contributed by atoms with Crippen LogP contribution >= 0.6 is 0 Å². The highest BCUT2D eigenvalue weighted by Crippen LogP contribution is 2.16. The first-order valence-corrected chi connectivity index (χ1v) is 5.04. The second-order valence-corrected chi connectivity index (χ2v) is 3.25. The van der Waals surface area contributed by atoms with Crippen molar-refractivity contribution < 1.29 is 9.32 Å². The molecule has 0 aliphatic rings. The molecule has 3 N–H and O–H groups in total. The minimum Gasteiger partial charge on any atom is -0.384 e. The Morgan fingerprint density at radius 1 is 1.53 bits per heavy atom. The average Bonchev–Trinajstić information content (AvgIpc) is 2.80. The third-order valence-corrected chi connectivity index (χ3v) is 2.00. The zero-order valence-corrected chi connectivity index (χ0v) is 9.17. The van der Waals surface area contributed by atoms with Crippen LogP contribution in [0.1, 0.15) is 17.5 Å². The monoisotopic (exact) mass is 233 g/mol. The van der Waals surface area contributed by atoms with Gasteiger partial charge >= 0.3 is 0 Å². The molecule has 0 fully saturated rings. The molecule has 2 aromatic heterocycles. The van der Waals surface area contributed by atoms with Gasteiger partial charge in [-0.25, -0.2) is 4.98 Å². The van der Waals surface area contributed by atoms with Gasteiger partial charge < -0.3 is 15.6 Å². The van der Waals surface area contributed by atoms with Gasteiger partial charge in [-0.2, -0.15) is 4.98 Å². The molecule has 1 amide bonds. The van der Waals surface area contributed by atoms with E-state index in [1.54, 1.807) is 12.1 Å². The third kappa shape index (κ3) is 2.39. The Bertz CT molecular complexity index is 520. The molecule has 7 nitrogen and oxygen atoms in total. The molecule has 17 heavy (non-hydrogen) atoms. The Labute approximate surface area is 97.0 Å². The summed E-state index contributed by atoms with van der Waals surface area (Å²) < 4.78 is 4.96. The van der Waals surface area contributed by atoms with E-state index in [-0.39, 0.29) is 17.6 Å². The lowest BCUT2D eigenvalue weighted by Gasteiger charge is -1.94. The number of amides is 1. The first-order valence-electron chi connectivity index (χ1n) is 5.04. The van der Waals surface area contributed by atoms with E-state index >= 15 is 0 Å². The second kappa shape index (κ2) is 4.60. The van der Waals surface area contributed by atoms with Crippen molar-refractivity contribution in [2.45, 2.75) is 6.92 Å². The number of hydrogen-bond donors (Lipinski definition) is 2. The Morgan fingerprint density at radius 2 is 2.35 bits per heavy atom. The summed E-state index contributed by atoms with van der Waals surface area (Å²) in [4.78, 5) is 19.3. The third-order valence-electron chi connectivity index (χ3n) is 2.00. The van der Waals surface area contributed by atoms with Crippen LogP contribution in [0.15, 0.2) is 22.9 Å². The van der Waals surface area contributed by atoms with Crippen molar-refractivity contribution in [3.8, 4) is 11.5 Å². The zero-order valence-electron chi connectivity index (χ0n) is 9.17. The summed E-state index contributed by atoms with van der Waals surface area (Å²) in [6.45, 7) is 2.31. The highest BCUT2D eigenvalue weighted by molar-refractivity contribution is 5.90. The van der Waals surface area contributed by atoms with E-state index in [1.807, 2.05) is 6.92 Å². The van der Waals surface area contributed by atoms with Gasteiger partial charge in [-0.3, -0.25) is 4.79 Å². The highest BCUT2D eigenvalue weighted by Gasteiger charge is 2.14. The van der Waals surface area contributed by atoms with Crippen LogP contribution in [0.3, 0.4) is 0 Å².